The molecule has 0 unspecified atom stereocenters. The Morgan fingerprint density at radius 1 is 1.05 bits per heavy atom. The number of hydrogen-bond acceptors (Lipinski definition) is 0. The Balaban J connectivity index is -0.000000128. The van der Waals surface area contributed by atoms with E-state index in [0.29, 0.717) is 0 Å². The minimum absolute atomic E-state index is 0. The van der Waals surface area contributed by atoms with Crippen molar-refractivity contribution in [1.82, 2.24) is 0 Å². The number of benzene rings is 1. The monoisotopic (exact) mass is 323 g/mol. The molecule has 0 amide bonds. The van der Waals surface area contributed by atoms with Crippen LogP contribution in [-0.2, 0) is 21.7 Å². The molecule has 0 atom stereocenters. The zero-order valence-electron chi connectivity index (χ0n) is 12.7. The number of nitrogens with one attached hydrogen (secondary N) is 1. The molecule has 0 bridgehead atoms. The van der Waals surface area contributed by atoms with E-state index in [-0.39, 0.29) is 53.1 Å². The largest absolute Gasteiger partial charge is 4.00 e. The molecule has 0 heterocycles. The Morgan fingerprint density at radius 3 is 1.85 bits per heavy atom. The molecule has 0 spiro atoms. The van der Waals surface area contributed by atoms with Gasteiger partial charge in [0.05, 0.1) is 0 Å². The predicted octanol–water partition coefficient (Wildman–Crippen LogP) is 4.12. The van der Waals surface area contributed by atoms with Gasteiger partial charge in [-0.1, -0.05) is 51.1 Å². The van der Waals surface area contributed by atoms with Crippen molar-refractivity contribution in [3.05, 3.63) is 74.7 Å². The minimum atomic E-state index is -0.250. The molecule has 1 N–H and O–H groups in total. The van der Waals surface area contributed by atoms with Gasteiger partial charge in [-0.2, -0.15) is 11.6 Å². The summed E-state index contributed by atoms with van der Waals surface area (Å²) in [6.45, 7) is 5.56. The van der Waals surface area contributed by atoms with Gasteiger partial charge in [0.1, 0.15) is 0 Å². The molecule has 1 aromatic carbocycles. The number of hydrogen-bond donors (Lipinski definition) is 0. The minimum Gasteiger partial charge on any atom is -0.673 e. The molecule has 0 fully saturated rings. The van der Waals surface area contributed by atoms with Gasteiger partial charge in [-0.15, -0.1) is 17.5 Å². The molecule has 1 aliphatic rings. The van der Waals surface area contributed by atoms with Gasteiger partial charge in [0.25, 0.3) is 0 Å². The molecule has 0 saturated heterocycles. The van der Waals surface area contributed by atoms with Gasteiger partial charge in [0.15, 0.2) is 0 Å². The van der Waals surface area contributed by atoms with Crippen LogP contribution in [0.15, 0.2) is 42.5 Å². The van der Waals surface area contributed by atoms with Crippen LogP contribution in [0.3, 0.4) is 0 Å². The number of rotatable bonds is 1. The maximum Gasteiger partial charge on any atom is 4.00 e. The van der Waals surface area contributed by atoms with E-state index in [9.17, 15) is 0 Å². The molecular formula is C17H29NSiTi. The first-order chi connectivity index (χ1) is 7.47. The van der Waals surface area contributed by atoms with E-state index in [1.807, 2.05) is 26.8 Å². The number of allylic oxidation sites excluding steroid dienone is 4. The molecule has 0 radical (unpaired) electrons. The smallest absolute Gasteiger partial charge is 0.673 e. The van der Waals surface area contributed by atoms with E-state index in [4.69, 9.17) is 5.73 Å². The normalized spacial score (nSPS) is 11.3. The van der Waals surface area contributed by atoms with Gasteiger partial charge in [0.2, 0.25) is 0 Å². The van der Waals surface area contributed by atoms with Crippen molar-refractivity contribution in [3.63, 3.8) is 0 Å². The SMILES string of the molecule is CC(C)(C)[NH-].[C-]1=CC(c2ccccc2)=CC1.[CH3-].[CH3-].[SiH4].[Ti+4]. The summed E-state index contributed by atoms with van der Waals surface area (Å²) in [6.07, 6.45) is 8.36. The first-order valence-electron chi connectivity index (χ1n) is 5.54. The van der Waals surface area contributed by atoms with Crippen LogP contribution in [0.4, 0.5) is 0 Å². The summed E-state index contributed by atoms with van der Waals surface area (Å²) in [5.74, 6) is 0. The second-order valence-corrected chi connectivity index (χ2v) is 4.83. The zero-order valence-corrected chi connectivity index (χ0v) is 14.3. The summed E-state index contributed by atoms with van der Waals surface area (Å²) in [5, 5.41) is 0. The topological polar surface area (TPSA) is 23.8 Å². The van der Waals surface area contributed by atoms with E-state index in [0.717, 1.165) is 6.42 Å². The Bertz CT molecular complexity index is 372. The maximum absolute atomic E-state index is 6.94. The second kappa shape index (κ2) is 13.6. The van der Waals surface area contributed by atoms with Gasteiger partial charge < -0.3 is 20.6 Å². The van der Waals surface area contributed by atoms with Crippen LogP contribution >= 0.6 is 0 Å². The molecule has 20 heavy (non-hydrogen) atoms. The Kier molecular flexibility index (Phi) is 18.9. The predicted molar refractivity (Wildman–Crippen MR) is 95.1 cm³/mol. The van der Waals surface area contributed by atoms with Crippen molar-refractivity contribution >= 4 is 16.5 Å². The van der Waals surface area contributed by atoms with Crippen LogP contribution in [-0.4, -0.2) is 16.5 Å². The molecule has 0 aromatic heterocycles. The van der Waals surface area contributed by atoms with Crippen molar-refractivity contribution in [1.29, 1.82) is 0 Å². The molecule has 2 rings (SSSR count). The van der Waals surface area contributed by atoms with Crippen molar-refractivity contribution in [2.45, 2.75) is 32.7 Å². The Morgan fingerprint density at radius 2 is 1.50 bits per heavy atom. The fourth-order valence-corrected chi connectivity index (χ4v) is 1.23. The molecule has 1 aliphatic carbocycles. The van der Waals surface area contributed by atoms with Gasteiger partial charge in [-0.25, -0.2) is 6.08 Å². The van der Waals surface area contributed by atoms with E-state index in [1.54, 1.807) is 0 Å². The molecule has 1 nitrogen and oxygen atoms in total. The van der Waals surface area contributed by atoms with Gasteiger partial charge in [0, 0.05) is 0 Å². The standard InChI is InChI=1S/C11H9.C4H10N.2CH3.H4Si.Ti/c1-2-6-10(7-3-1)11-8-4-5-9-11;1-4(2,3)5;;;;/h1-3,6-9H,4H2;5H,1-3H3;2*1H3;1H4;/q4*-1;;+4. The maximum atomic E-state index is 6.94. The first kappa shape index (κ1) is 27.9. The van der Waals surface area contributed by atoms with Crippen molar-refractivity contribution < 1.29 is 21.7 Å². The molecule has 0 aliphatic heterocycles. The Labute approximate surface area is 145 Å². The molecule has 0 saturated carbocycles. The third kappa shape index (κ3) is 14.0. The molecule has 1 aromatic rings. The fourth-order valence-electron chi connectivity index (χ4n) is 1.23. The van der Waals surface area contributed by atoms with Gasteiger partial charge in [-0.3, -0.25) is 6.08 Å². The average Bonchev–Trinajstić information content (AvgIpc) is 2.69. The fraction of sp³-hybridized carbons (Fsp3) is 0.294. The summed E-state index contributed by atoms with van der Waals surface area (Å²) in [7, 11) is 0. The third-order valence-electron chi connectivity index (χ3n) is 1.80. The molecular weight excluding hydrogens is 294 g/mol. The summed E-state index contributed by atoms with van der Waals surface area (Å²) < 4.78 is 0. The van der Waals surface area contributed by atoms with Crippen molar-refractivity contribution in [2.75, 3.05) is 0 Å². The van der Waals surface area contributed by atoms with Crippen LogP contribution < -0.4 is 0 Å². The van der Waals surface area contributed by atoms with E-state index in [1.165, 1.54) is 11.1 Å². The second-order valence-electron chi connectivity index (χ2n) is 4.83. The zero-order chi connectivity index (χ0) is 12.0. The van der Waals surface area contributed by atoms with E-state index < -0.39 is 0 Å². The van der Waals surface area contributed by atoms with Gasteiger partial charge in [-0.05, 0) is 11.0 Å². The van der Waals surface area contributed by atoms with Crippen molar-refractivity contribution in [2.24, 2.45) is 0 Å². The van der Waals surface area contributed by atoms with E-state index in [2.05, 4.69) is 42.5 Å². The summed E-state index contributed by atoms with van der Waals surface area (Å²) in [6, 6.07) is 10.4. The van der Waals surface area contributed by atoms with Gasteiger partial charge >= 0.3 is 21.7 Å². The summed E-state index contributed by atoms with van der Waals surface area (Å²) >= 11 is 0. The third-order valence-corrected chi connectivity index (χ3v) is 1.80. The summed E-state index contributed by atoms with van der Waals surface area (Å²) in [4.78, 5) is 0. The molecule has 3 heteroatoms. The van der Waals surface area contributed by atoms with Crippen LogP contribution in [0.5, 0.6) is 0 Å². The van der Waals surface area contributed by atoms with Crippen molar-refractivity contribution in [3.8, 4) is 0 Å². The van der Waals surface area contributed by atoms with Crippen LogP contribution in [0.25, 0.3) is 11.3 Å². The van der Waals surface area contributed by atoms with E-state index >= 15 is 0 Å². The first-order valence-corrected chi connectivity index (χ1v) is 5.54. The Hall–Kier alpha value is -0.409. The summed E-state index contributed by atoms with van der Waals surface area (Å²) in [5.41, 5.74) is 9.27. The van der Waals surface area contributed by atoms with Crippen LogP contribution in [0, 0.1) is 20.9 Å². The molecule has 110 valence electrons. The quantitative estimate of drug-likeness (QED) is 0.548. The van der Waals surface area contributed by atoms with Crippen LogP contribution in [0.1, 0.15) is 32.8 Å². The van der Waals surface area contributed by atoms with Crippen LogP contribution in [0.2, 0.25) is 0 Å². The average molecular weight is 323 g/mol.